The van der Waals surface area contributed by atoms with E-state index in [0.29, 0.717) is 26.3 Å². The van der Waals surface area contributed by atoms with Crippen LogP contribution in [0.2, 0.25) is 5.02 Å². The molecule has 24 heavy (non-hydrogen) atoms. The van der Waals surface area contributed by atoms with Crippen molar-refractivity contribution in [1.29, 1.82) is 0 Å². The number of nitrogens with zero attached hydrogens (tertiary/aromatic N) is 2. The van der Waals surface area contributed by atoms with Crippen molar-refractivity contribution in [3.05, 3.63) is 28.8 Å². The Bertz CT molecular complexity index is 674. The van der Waals surface area contributed by atoms with Crippen molar-refractivity contribution in [3.63, 3.8) is 0 Å². The molecule has 2 amide bonds. The van der Waals surface area contributed by atoms with Gasteiger partial charge in [0.05, 0.1) is 41.9 Å². The maximum Gasteiger partial charge on any atom is 0.416 e. The molecule has 0 unspecified atom stereocenters. The molecule has 0 spiro atoms. The molecule has 2 aliphatic rings. The second kappa shape index (κ2) is 6.34. The van der Waals surface area contributed by atoms with Gasteiger partial charge in [-0.05, 0) is 18.2 Å². The number of carbonyl (C=O) groups excluding carboxylic acids is 2. The minimum atomic E-state index is -4.59. The normalized spacial score (nSPS) is 23.2. The maximum absolute atomic E-state index is 12.9. The topological polar surface area (TPSA) is 49.9 Å². The van der Waals surface area contributed by atoms with Gasteiger partial charge in [-0.1, -0.05) is 11.6 Å². The fraction of sp³-hybridized carbons (Fsp3) is 0.467. The summed E-state index contributed by atoms with van der Waals surface area (Å²) in [5.41, 5.74) is -1.19. The molecule has 3 rings (SSSR count). The molecule has 2 fully saturated rings. The van der Waals surface area contributed by atoms with Gasteiger partial charge in [0.1, 0.15) is 0 Å². The molecule has 5 nitrogen and oxygen atoms in total. The van der Waals surface area contributed by atoms with Crippen LogP contribution < -0.4 is 4.90 Å². The van der Waals surface area contributed by atoms with Crippen LogP contribution in [0.5, 0.6) is 0 Å². The number of anilines is 1. The summed E-state index contributed by atoms with van der Waals surface area (Å²) in [5.74, 6) is -1.11. The summed E-state index contributed by atoms with van der Waals surface area (Å²) in [6, 6.07) is 1.91. The van der Waals surface area contributed by atoms with E-state index in [1.54, 1.807) is 0 Å². The third-order valence-corrected chi connectivity index (χ3v) is 4.44. The lowest BCUT2D eigenvalue weighted by molar-refractivity contribution is -0.137. The Labute approximate surface area is 140 Å². The first-order chi connectivity index (χ1) is 11.3. The van der Waals surface area contributed by atoms with Crippen LogP contribution in [0.3, 0.4) is 0 Å². The lowest BCUT2D eigenvalue weighted by atomic mass is 10.1. The van der Waals surface area contributed by atoms with Crippen molar-refractivity contribution in [3.8, 4) is 0 Å². The van der Waals surface area contributed by atoms with Crippen molar-refractivity contribution < 1.29 is 27.5 Å². The number of rotatable bonds is 2. The van der Waals surface area contributed by atoms with Crippen LogP contribution in [0.1, 0.15) is 12.0 Å². The fourth-order valence-electron chi connectivity index (χ4n) is 2.90. The van der Waals surface area contributed by atoms with Gasteiger partial charge in [-0.15, -0.1) is 0 Å². The molecular weight excluding hydrogens is 349 g/mol. The summed E-state index contributed by atoms with van der Waals surface area (Å²) >= 11 is 5.94. The van der Waals surface area contributed by atoms with Crippen LogP contribution in [-0.4, -0.2) is 49.1 Å². The van der Waals surface area contributed by atoms with E-state index < -0.39 is 29.6 Å². The molecule has 0 bridgehead atoms. The molecule has 2 aliphatic heterocycles. The summed E-state index contributed by atoms with van der Waals surface area (Å²) in [4.78, 5) is 27.4. The van der Waals surface area contributed by atoms with Crippen molar-refractivity contribution in [2.75, 3.05) is 31.2 Å². The molecule has 2 saturated heterocycles. The van der Waals surface area contributed by atoms with E-state index in [1.807, 2.05) is 4.90 Å². The minimum absolute atomic E-state index is 0.0765. The first-order valence-corrected chi connectivity index (χ1v) is 7.72. The van der Waals surface area contributed by atoms with Crippen LogP contribution in [0.4, 0.5) is 18.9 Å². The monoisotopic (exact) mass is 362 g/mol. The van der Waals surface area contributed by atoms with E-state index in [2.05, 4.69) is 0 Å². The quantitative estimate of drug-likeness (QED) is 0.758. The zero-order chi connectivity index (χ0) is 17.5. The number of hydrogen-bond donors (Lipinski definition) is 0. The largest absolute Gasteiger partial charge is 0.416 e. The highest BCUT2D eigenvalue weighted by atomic mass is 35.5. The van der Waals surface area contributed by atoms with E-state index in [-0.39, 0.29) is 17.1 Å². The van der Waals surface area contributed by atoms with Crippen LogP contribution in [0.25, 0.3) is 0 Å². The number of amides is 2. The second-order valence-corrected chi connectivity index (χ2v) is 6.01. The van der Waals surface area contributed by atoms with Crippen molar-refractivity contribution in [2.24, 2.45) is 0 Å². The van der Waals surface area contributed by atoms with Gasteiger partial charge in [0.15, 0.2) is 0 Å². The molecular formula is C15H14ClF3N2O3. The molecule has 1 aromatic rings. The zero-order valence-electron chi connectivity index (χ0n) is 12.5. The number of hydrogen-bond acceptors (Lipinski definition) is 4. The Kier molecular flexibility index (Phi) is 4.54. The second-order valence-electron chi connectivity index (χ2n) is 5.60. The van der Waals surface area contributed by atoms with Gasteiger partial charge in [0, 0.05) is 13.1 Å². The third-order valence-electron chi connectivity index (χ3n) is 4.12. The average Bonchev–Trinajstić information content (AvgIpc) is 2.83. The van der Waals surface area contributed by atoms with Crippen molar-refractivity contribution >= 4 is 29.1 Å². The van der Waals surface area contributed by atoms with Gasteiger partial charge in [-0.3, -0.25) is 14.5 Å². The molecule has 0 saturated carbocycles. The first kappa shape index (κ1) is 17.2. The summed E-state index contributed by atoms with van der Waals surface area (Å²) < 4.78 is 43.9. The highest BCUT2D eigenvalue weighted by molar-refractivity contribution is 6.36. The number of carbonyl (C=O) groups is 2. The van der Waals surface area contributed by atoms with Gasteiger partial charge in [-0.2, -0.15) is 13.2 Å². The molecule has 1 aromatic carbocycles. The summed E-state index contributed by atoms with van der Waals surface area (Å²) in [7, 11) is 0. The molecule has 1 atom stereocenters. The van der Waals surface area contributed by atoms with E-state index in [0.717, 1.165) is 23.1 Å². The molecule has 130 valence electrons. The average molecular weight is 363 g/mol. The molecule has 2 heterocycles. The number of benzene rings is 1. The summed E-state index contributed by atoms with van der Waals surface area (Å²) in [6.45, 7) is 1.88. The van der Waals surface area contributed by atoms with Crippen LogP contribution in [0, 0.1) is 0 Å². The van der Waals surface area contributed by atoms with E-state index in [1.165, 1.54) is 0 Å². The minimum Gasteiger partial charge on any atom is -0.379 e. The highest BCUT2D eigenvalue weighted by Gasteiger charge is 2.44. The zero-order valence-corrected chi connectivity index (χ0v) is 13.2. The lowest BCUT2D eigenvalue weighted by Gasteiger charge is -2.30. The first-order valence-electron chi connectivity index (χ1n) is 7.34. The highest BCUT2D eigenvalue weighted by Crippen LogP contribution is 2.37. The van der Waals surface area contributed by atoms with Gasteiger partial charge in [-0.25, -0.2) is 4.90 Å². The van der Waals surface area contributed by atoms with Gasteiger partial charge in [0.2, 0.25) is 5.91 Å². The Morgan fingerprint density at radius 2 is 1.83 bits per heavy atom. The number of imide groups is 1. The lowest BCUT2D eigenvalue weighted by Crippen LogP contribution is -2.47. The van der Waals surface area contributed by atoms with Crippen LogP contribution in [0.15, 0.2) is 18.2 Å². The Hall–Kier alpha value is -1.64. The number of ether oxygens (including phenoxy) is 1. The summed E-state index contributed by atoms with van der Waals surface area (Å²) in [6.07, 6.45) is -4.67. The third kappa shape index (κ3) is 3.13. The molecule has 9 heteroatoms. The Balaban J connectivity index is 1.91. The Morgan fingerprint density at radius 3 is 2.46 bits per heavy atom. The predicted molar refractivity (Wildman–Crippen MR) is 79.7 cm³/mol. The SMILES string of the molecule is O=C1C[C@H](N2CCOCC2)C(=O)N1c1cc(C(F)(F)F)ccc1Cl. The smallest absolute Gasteiger partial charge is 0.379 e. The number of alkyl halides is 3. The van der Waals surface area contributed by atoms with Crippen molar-refractivity contribution in [2.45, 2.75) is 18.6 Å². The van der Waals surface area contributed by atoms with E-state index in [9.17, 15) is 22.8 Å². The number of halogens is 4. The van der Waals surface area contributed by atoms with Crippen LogP contribution in [-0.2, 0) is 20.5 Å². The Morgan fingerprint density at radius 1 is 1.17 bits per heavy atom. The summed E-state index contributed by atoms with van der Waals surface area (Å²) in [5, 5.41) is -0.0765. The van der Waals surface area contributed by atoms with E-state index >= 15 is 0 Å². The number of morpholine rings is 1. The van der Waals surface area contributed by atoms with Gasteiger partial charge in [0.25, 0.3) is 5.91 Å². The molecule has 0 aromatic heterocycles. The molecule has 0 aliphatic carbocycles. The fourth-order valence-corrected chi connectivity index (χ4v) is 3.11. The molecule has 0 N–H and O–H groups in total. The predicted octanol–water partition coefficient (Wildman–Crippen LogP) is 2.32. The van der Waals surface area contributed by atoms with E-state index in [4.69, 9.17) is 16.3 Å². The van der Waals surface area contributed by atoms with Gasteiger partial charge >= 0.3 is 6.18 Å². The van der Waals surface area contributed by atoms with Crippen LogP contribution >= 0.6 is 11.6 Å². The molecule has 0 radical (unpaired) electrons. The van der Waals surface area contributed by atoms with Gasteiger partial charge < -0.3 is 4.74 Å². The van der Waals surface area contributed by atoms with Crippen molar-refractivity contribution in [1.82, 2.24) is 4.90 Å². The standard InChI is InChI=1S/C15H14ClF3N2O3/c16-10-2-1-9(15(17,18)19)7-11(10)21-13(22)8-12(14(21)23)20-3-5-24-6-4-20/h1-2,7,12H,3-6,8H2/t12-/m0/s1. The maximum atomic E-state index is 12.9.